The highest BCUT2D eigenvalue weighted by molar-refractivity contribution is 7.60. The number of oxime groups is 1. The lowest BCUT2D eigenvalue weighted by molar-refractivity contribution is -0.137. The number of nitrogens with zero attached hydrogens (tertiary/aromatic N) is 1. The summed E-state index contributed by atoms with van der Waals surface area (Å²) in [7, 11) is -2.61. The minimum atomic E-state index is -4.44. The molecule has 0 unspecified atom stereocenters. The number of benzene rings is 1. The predicted molar refractivity (Wildman–Crippen MR) is 71.9 cm³/mol. The van der Waals surface area contributed by atoms with Crippen LogP contribution in [0.3, 0.4) is 0 Å². The van der Waals surface area contributed by atoms with Gasteiger partial charge in [0.05, 0.1) is 11.3 Å². The maximum atomic E-state index is 12.7. The van der Waals surface area contributed by atoms with Gasteiger partial charge in [-0.3, -0.25) is 0 Å². The SMILES string of the molecule is CCO/N=C(\C)c1cc(Cl)ccc1C(F)(F)F.N=S(=O)=O. The predicted octanol–water partition coefficient (Wildman–Crippen LogP) is 3.75. The van der Waals surface area contributed by atoms with Crippen molar-refractivity contribution in [3.8, 4) is 0 Å². The van der Waals surface area contributed by atoms with Crippen LogP contribution < -0.4 is 0 Å². The maximum Gasteiger partial charge on any atom is 0.417 e. The summed E-state index contributed by atoms with van der Waals surface area (Å²) >= 11 is 5.68. The zero-order chi connectivity index (χ0) is 16.6. The lowest BCUT2D eigenvalue weighted by Gasteiger charge is -2.12. The Morgan fingerprint density at radius 1 is 1.43 bits per heavy atom. The summed E-state index contributed by atoms with van der Waals surface area (Å²) in [6.45, 7) is 3.43. The molecular formula is C11H12ClF3N2O3S. The van der Waals surface area contributed by atoms with Gasteiger partial charge in [-0.2, -0.15) is 26.4 Å². The van der Waals surface area contributed by atoms with Gasteiger partial charge in [0.15, 0.2) is 0 Å². The van der Waals surface area contributed by atoms with Gasteiger partial charge in [-0.05, 0) is 32.0 Å². The fourth-order valence-electron chi connectivity index (χ4n) is 1.27. The molecule has 1 rings (SSSR count). The highest BCUT2D eigenvalue weighted by Gasteiger charge is 2.34. The van der Waals surface area contributed by atoms with Gasteiger partial charge in [0.25, 0.3) is 0 Å². The third-order valence-electron chi connectivity index (χ3n) is 2.01. The topological polar surface area (TPSA) is 79.6 Å². The van der Waals surface area contributed by atoms with Gasteiger partial charge in [0.2, 0.25) is 0 Å². The number of alkyl halides is 3. The molecule has 0 heterocycles. The molecule has 1 aromatic rings. The van der Waals surface area contributed by atoms with Gasteiger partial charge >= 0.3 is 16.7 Å². The molecule has 10 heteroatoms. The van der Waals surface area contributed by atoms with Gasteiger partial charge in [-0.15, -0.1) is 0 Å². The van der Waals surface area contributed by atoms with Crippen molar-refractivity contribution in [2.45, 2.75) is 20.0 Å². The second-order valence-corrected chi connectivity index (χ2v) is 4.42. The molecule has 0 aliphatic heterocycles. The van der Waals surface area contributed by atoms with Crippen LogP contribution in [0.4, 0.5) is 13.2 Å². The lowest BCUT2D eigenvalue weighted by atomic mass is 10.0. The van der Waals surface area contributed by atoms with E-state index in [1.54, 1.807) is 6.92 Å². The van der Waals surface area contributed by atoms with Crippen molar-refractivity contribution in [2.24, 2.45) is 5.16 Å². The third kappa shape index (κ3) is 7.66. The molecule has 0 aliphatic carbocycles. The monoisotopic (exact) mass is 344 g/mol. The molecule has 118 valence electrons. The normalized spacial score (nSPS) is 11.4. The summed E-state index contributed by atoms with van der Waals surface area (Å²) in [6, 6.07) is 3.35. The molecule has 0 radical (unpaired) electrons. The highest BCUT2D eigenvalue weighted by atomic mass is 35.5. The smallest absolute Gasteiger partial charge is 0.396 e. The second kappa shape index (κ2) is 8.63. The molecule has 0 aliphatic rings. The minimum Gasteiger partial charge on any atom is -0.396 e. The van der Waals surface area contributed by atoms with E-state index < -0.39 is 22.2 Å². The van der Waals surface area contributed by atoms with Crippen molar-refractivity contribution in [3.63, 3.8) is 0 Å². The van der Waals surface area contributed by atoms with Crippen molar-refractivity contribution in [2.75, 3.05) is 6.61 Å². The summed E-state index contributed by atoms with van der Waals surface area (Å²) in [5.74, 6) is 0. The van der Waals surface area contributed by atoms with Crippen molar-refractivity contribution in [1.82, 2.24) is 0 Å². The highest BCUT2D eigenvalue weighted by Crippen LogP contribution is 2.33. The molecule has 1 aromatic carbocycles. The molecule has 1 N–H and O–H groups in total. The van der Waals surface area contributed by atoms with Crippen LogP contribution in [0.15, 0.2) is 23.4 Å². The Morgan fingerprint density at radius 2 is 1.95 bits per heavy atom. The number of nitrogens with one attached hydrogen (secondary N) is 1. The Balaban J connectivity index is 0.000000885. The van der Waals surface area contributed by atoms with Crippen LogP contribution in [0, 0.1) is 4.78 Å². The Labute approximate surface area is 125 Å². The Bertz CT molecular complexity index is 608. The standard InChI is InChI=1S/C11H11ClF3NO.HNO2S/c1-3-17-16-7(2)9-6-8(12)4-5-10(9)11(13,14)15;1-4(2)3/h4-6H,3H2,1-2H3;1H/b16-7+;. The van der Waals surface area contributed by atoms with E-state index in [1.807, 2.05) is 0 Å². The molecule has 0 saturated heterocycles. The van der Waals surface area contributed by atoms with E-state index in [2.05, 4.69) is 5.16 Å². The average Bonchev–Trinajstić information content (AvgIpc) is 2.33. The first-order valence-electron chi connectivity index (χ1n) is 5.43. The minimum absolute atomic E-state index is 0.0709. The quantitative estimate of drug-likeness (QED) is 0.670. The molecule has 0 fully saturated rings. The number of rotatable bonds is 3. The van der Waals surface area contributed by atoms with E-state index >= 15 is 0 Å². The van der Waals surface area contributed by atoms with Gasteiger partial charge in [-0.25, -0.2) is 0 Å². The van der Waals surface area contributed by atoms with E-state index in [0.717, 1.165) is 6.07 Å². The van der Waals surface area contributed by atoms with E-state index in [0.29, 0.717) is 6.61 Å². The summed E-state index contributed by atoms with van der Waals surface area (Å²) in [6.07, 6.45) is -4.44. The van der Waals surface area contributed by atoms with Gasteiger partial charge in [0, 0.05) is 10.6 Å². The Morgan fingerprint density at radius 3 is 2.38 bits per heavy atom. The summed E-state index contributed by atoms with van der Waals surface area (Å²) in [4.78, 5) is 4.73. The summed E-state index contributed by atoms with van der Waals surface area (Å²) in [5, 5.41) is 3.81. The van der Waals surface area contributed by atoms with Gasteiger partial charge in [0.1, 0.15) is 6.61 Å². The van der Waals surface area contributed by atoms with E-state index in [4.69, 9.17) is 29.6 Å². The first-order chi connectivity index (χ1) is 9.59. The number of hydrogen-bond donors (Lipinski definition) is 1. The third-order valence-corrected chi connectivity index (χ3v) is 2.24. The Hall–Kier alpha value is -1.61. The van der Waals surface area contributed by atoms with Crippen LogP contribution in [-0.4, -0.2) is 20.7 Å². The molecular weight excluding hydrogens is 333 g/mol. The van der Waals surface area contributed by atoms with Crippen molar-refractivity contribution in [3.05, 3.63) is 34.3 Å². The first-order valence-corrected chi connectivity index (χ1v) is 6.89. The van der Waals surface area contributed by atoms with Crippen molar-refractivity contribution >= 4 is 27.8 Å². The molecule has 0 spiro atoms. The van der Waals surface area contributed by atoms with Gasteiger partial charge in [-0.1, -0.05) is 16.8 Å². The number of halogens is 4. The zero-order valence-electron chi connectivity index (χ0n) is 11.0. The van der Waals surface area contributed by atoms with Crippen molar-refractivity contribution in [1.29, 1.82) is 4.78 Å². The molecule has 0 atom stereocenters. The maximum absolute atomic E-state index is 12.7. The van der Waals surface area contributed by atoms with Crippen LogP contribution in [0.1, 0.15) is 25.0 Å². The van der Waals surface area contributed by atoms with E-state index in [-0.39, 0.29) is 16.3 Å². The molecule has 0 aromatic heterocycles. The van der Waals surface area contributed by atoms with Gasteiger partial charge < -0.3 is 4.84 Å². The number of hydrogen-bond acceptors (Lipinski definition) is 5. The fraction of sp³-hybridized carbons (Fsp3) is 0.364. The average molecular weight is 345 g/mol. The molecule has 0 amide bonds. The molecule has 0 saturated carbocycles. The Kier molecular flexibility index (Phi) is 7.97. The van der Waals surface area contributed by atoms with Crippen LogP contribution in [0.5, 0.6) is 0 Å². The first kappa shape index (κ1) is 19.4. The van der Waals surface area contributed by atoms with Crippen LogP contribution in [0.2, 0.25) is 5.02 Å². The van der Waals surface area contributed by atoms with E-state index in [1.165, 1.54) is 19.1 Å². The molecule has 21 heavy (non-hydrogen) atoms. The second-order valence-electron chi connectivity index (χ2n) is 3.52. The van der Waals surface area contributed by atoms with Crippen LogP contribution in [-0.2, 0) is 21.5 Å². The summed E-state index contributed by atoms with van der Waals surface area (Å²) in [5.41, 5.74) is -0.706. The van der Waals surface area contributed by atoms with Crippen molar-refractivity contribution < 1.29 is 26.4 Å². The summed E-state index contributed by atoms with van der Waals surface area (Å²) < 4.78 is 61.0. The lowest BCUT2D eigenvalue weighted by Crippen LogP contribution is -2.12. The molecule has 5 nitrogen and oxygen atoms in total. The fourth-order valence-corrected chi connectivity index (χ4v) is 1.45. The largest absolute Gasteiger partial charge is 0.417 e. The van der Waals surface area contributed by atoms with Crippen LogP contribution in [0.25, 0.3) is 0 Å². The van der Waals surface area contributed by atoms with Crippen LogP contribution >= 0.6 is 11.6 Å². The molecule has 0 bridgehead atoms. The van der Waals surface area contributed by atoms with E-state index in [9.17, 15) is 13.2 Å². The zero-order valence-corrected chi connectivity index (χ0v) is 12.6.